The van der Waals surface area contributed by atoms with Crippen LogP contribution in [-0.4, -0.2) is 67.0 Å². The number of aryl methyl sites for hydroxylation is 1. The highest BCUT2D eigenvalue weighted by atomic mass is 16.4. The molecule has 3 atom stereocenters. The minimum absolute atomic E-state index is 0.103. The topological polar surface area (TPSA) is 174 Å². The second kappa shape index (κ2) is 11.4. The number of nitrogens with one attached hydrogen (secondary N) is 2. The van der Waals surface area contributed by atoms with Crippen molar-refractivity contribution >= 4 is 34.2 Å². The number of carboxylic acids is 1. The van der Waals surface area contributed by atoms with Gasteiger partial charge >= 0.3 is 5.97 Å². The summed E-state index contributed by atoms with van der Waals surface area (Å²) in [6, 6.07) is 19.6. The molecule has 5 rings (SSSR count). The number of hydrogen-bond donors (Lipinski definition) is 6. The maximum atomic E-state index is 11.7. The maximum absolute atomic E-state index is 11.7. The van der Waals surface area contributed by atoms with Crippen molar-refractivity contribution in [3.05, 3.63) is 96.1 Å². The first kappa shape index (κ1) is 27.5. The third-order valence-corrected chi connectivity index (χ3v) is 6.52. The Morgan fingerprint density at radius 1 is 0.974 bits per heavy atom. The number of aliphatic hydroxyl groups excluding tert-OH is 2. The van der Waals surface area contributed by atoms with Gasteiger partial charge in [-0.25, -0.2) is 9.78 Å². The Morgan fingerprint density at radius 2 is 1.67 bits per heavy atom. The number of fused-ring (bicyclic) bond motifs is 2. The van der Waals surface area contributed by atoms with Gasteiger partial charge in [0, 0.05) is 31.3 Å². The quantitative estimate of drug-likeness (QED) is 0.216. The van der Waals surface area contributed by atoms with Crippen molar-refractivity contribution in [1.29, 1.82) is 0 Å². The van der Waals surface area contributed by atoms with Gasteiger partial charge in [-0.2, -0.15) is 0 Å². The highest BCUT2D eigenvalue weighted by Gasteiger charge is 2.39. The van der Waals surface area contributed by atoms with Crippen LogP contribution in [0.5, 0.6) is 0 Å². The Kier molecular flexibility index (Phi) is 8.05. The summed E-state index contributed by atoms with van der Waals surface area (Å²) in [6.07, 6.45) is -0.0100. The predicted molar refractivity (Wildman–Crippen MR) is 142 cm³/mol. The molecule has 2 amide bonds. The van der Waals surface area contributed by atoms with E-state index in [-0.39, 0.29) is 5.91 Å². The molecule has 3 aromatic carbocycles. The molecule has 0 spiro atoms. The second-order valence-corrected chi connectivity index (χ2v) is 9.02. The fourth-order valence-corrected chi connectivity index (χ4v) is 4.35. The van der Waals surface area contributed by atoms with Crippen LogP contribution in [0.25, 0.3) is 10.8 Å². The minimum Gasteiger partial charge on any atom is -0.479 e. The van der Waals surface area contributed by atoms with Crippen LogP contribution in [0.4, 0.5) is 5.69 Å². The number of nitrogens with zero attached hydrogens (tertiary/aromatic N) is 2. The normalized spacial score (nSPS) is 17.3. The van der Waals surface area contributed by atoms with Crippen LogP contribution < -0.4 is 10.6 Å². The summed E-state index contributed by atoms with van der Waals surface area (Å²) in [5.74, 6) is -2.73. The molecule has 1 aromatic heterocycles. The van der Waals surface area contributed by atoms with Crippen LogP contribution in [0.15, 0.2) is 79.3 Å². The Labute approximate surface area is 223 Å². The number of benzene rings is 3. The Hall–Kier alpha value is -4.58. The van der Waals surface area contributed by atoms with E-state index in [0.717, 1.165) is 28.6 Å². The lowest BCUT2D eigenvalue weighted by Crippen LogP contribution is -2.42. The first-order chi connectivity index (χ1) is 18.6. The predicted octanol–water partition coefficient (Wildman–Crippen LogP) is 1.47. The fraction of sp³-hybridized carbons (Fsp3) is 0.214. The minimum atomic E-state index is -2.14. The van der Waals surface area contributed by atoms with E-state index in [1.165, 1.54) is 0 Å². The number of aliphatic carboxylic acids is 1. The van der Waals surface area contributed by atoms with Gasteiger partial charge in [0.2, 0.25) is 0 Å². The highest BCUT2D eigenvalue weighted by molar-refractivity contribution is 5.99. The molecule has 6 N–H and O–H groups in total. The highest BCUT2D eigenvalue weighted by Crippen LogP contribution is 2.39. The molecule has 4 aromatic rings. The van der Waals surface area contributed by atoms with Gasteiger partial charge in [-0.1, -0.05) is 36.4 Å². The van der Waals surface area contributed by atoms with E-state index in [0.29, 0.717) is 17.7 Å². The standard InChI is InChI=1S/C18H17N3O2.C10H11NO5/c1-19-17(22)14-3-2-13-9-15(5-4-12(13)8-14)18(23)6-7-21-11-20-10-16(18)21;12-7(8(13)10(15)16)9(14)11-6-4-2-1-3-5-6/h2-5,8-11,23H,6-7H2,1H3,(H,19,22);1-5,7-8,12-13H,(H,11,14)(H,15,16)/t18-;7-,8-/m00/s1. The third-order valence-electron chi connectivity index (χ3n) is 6.52. The number of carbonyl (C=O) groups is 3. The lowest BCUT2D eigenvalue weighted by Gasteiger charge is -2.23. The SMILES string of the molecule is CNC(=O)c1ccc2cc([C@@]3(O)CCn4cncc43)ccc2c1.O=C(O)[C@@H](O)[C@H](O)C(=O)Nc1ccccc1. The average Bonchev–Trinajstić information content (AvgIpc) is 3.56. The molecule has 0 saturated heterocycles. The van der Waals surface area contributed by atoms with Crippen LogP contribution in [0.1, 0.15) is 28.0 Å². The molecule has 202 valence electrons. The summed E-state index contributed by atoms with van der Waals surface area (Å²) in [6.45, 7) is 0.763. The summed E-state index contributed by atoms with van der Waals surface area (Å²) in [5, 5.41) is 44.5. The number of amides is 2. The van der Waals surface area contributed by atoms with Gasteiger partial charge in [-0.05, 0) is 46.7 Å². The van der Waals surface area contributed by atoms with Crippen molar-refractivity contribution < 1.29 is 34.8 Å². The van der Waals surface area contributed by atoms with E-state index in [4.69, 9.17) is 10.2 Å². The Balaban J connectivity index is 0.000000195. The van der Waals surface area contributed by atoms with E-state index >= 15 is 0 Å². The Morgan fingerprint density at radius 3 is 2.36 bits per heavy atom. The number of rotatable bonds is 6. The molecule has 1 aliphatic heterocycles. The van der Waals surface area contributed by atoms with Crippen molar-refractivity contribution in [2.24, 2.45) is 0 Å². The summed E-state index contributed by atoms with van der Waals surface area (Å²) < 4.78 is 1.99. The van der Waals surface area contributed by atoms with Crippen LogP contribution in [0.3, 0.4) is 0 Å². The molecule has 0 aliphatic carbocycles. The van der Waals surface area contributed by atoms with Gasteiger partial charge in [-0.15, -0.1) is 0 Å². The molecule has 0 bridgehead atoms. The van der Waals surface area contributed by atoms with Gasteiger partial charge < -0.3 is 35.6 Å². The largest absolute Gasteiger partial charge is 0.479 e. The second-order valence-electron chi connectivity index (χ2n) is 9.02. The van der Waals surface area contributed by atoms with E-state index in [1.807, 2.05) is 34.9 Å². The summed E-state index contributed by atoms with van der Waals surface area (Å²) >= 11 is 0. The van der Waals surface area contributed by atoms with Gasteiger partial charge in [0.25, 0.3) is 11.8 Å². The zero-order valence-electron chi connectivity index (χ0n) is 21.0. The van der Waals surface area contributed by atoms with Gasteiger partial charge in [-0.3, -0.25) is 9.59 Å². The monoisotopic (exact) mass is 532 g/mol. The lowest BCUT2D eigenvalue weighted by atomic mass is 9.88. The smallest absolute Gasteiger partial charge is 0.335 e. The zero-order chi connectivity index (χ0) is 28.2. The van der Waals surface area contributed by atoms with Crippen molar-refractivity contribution in [3.8, 4) is 0 Å². The summed E-state index contributed by atoms with van der Waals surface area (Å²) in [4.78, 5) is 37.4. The van der Waals surface area contributed by atoms with Gasteiger partial charge in [0.05, 0.1) is 18.2 Å². The molecule has 2 heterocycles. The van der Waals surface area contributed by atoms with E-state index in [1.54, 1.807) is 56.0 Å². The number of anilines is 1. The van der Waals surface area contributed by atoms with Gasteiger partial charge in [0.15, 0.2) is 12.2 Å². The number of carboxylic acid groups (broad SMARTS) is 1. The fourth-order valence-electron chi connectivity index (χ4n) is 4.35. The van der Waals surface area contributed by atoms with Crippen molar-refractivity contribution in [2.75, 3.05) is 12.4 Å². The number of carbonyl (C=O) groups excluding carboxylic acids is 2. The first-order valence-corrected chi connectivity index (χ1v) is 12.1. The van der Waals surface area contributed by atoms with E-state index in [9.17, 15) is 24.6 Å². The summed E-state index contributed by atoms with van der Waals surface area (Å²) in [7, 11) is 1.62. The molecule has 11 heteroatoms. The molecule has 0 fully saturated rings. The molecular weight excluding hydrogens is 504 g/mol. The number of imidazole rings is 1. The van der Waals surface area contributed by atoms with E-state index < -0.39 is 29.7 Å². The van der Waals surface area contributed by atoms with Crippen LogP contribution in [0.2, 0.25) is 0 Å². The van der Waals surface area contributed by atoms with Crippen LogP contribution in [-0.2, 0) is 21.7 Å². The van der Waals surface area contributed by atoms with Crippen LogP contribution >= 0.6 is 0 Å². The van der Waals surface area contributed by atoms with Gasteiger partial charge in [0.1, 0.15) is 5.60 Å². The lowest BCUT2D eigenvalue weighted by molar-refractivity contribution is -0.156. The first-order valence-electron chi connectivity index (χ1n) is 12.1. The maximum Gasteiger partial charge on any atom is 0.335 e. The number of hydrogen-bond acceptors (Lipinski definition) is 7. The van der Waals surface area contributed by atoms with Crippen LogP contribution in [0, 0.1) is 0 Å². The average molecular weight is 533 g/mol. The van der Waals surface area contributed by atoms with Crippen molar-refractivity contribution in [2.45, 2.75) is 30.8 Å². The molecule has 39 heavy (non-hydrogen) atoms. The molecule has 11 nitrogen and oxygen atoms in total. The van der Waals surface area contributed by atoms with Crippen molar-refractivity contribution in [3.63, 3.8) is 0 Å². The molecular formula is C28H28N4O7. The third kappa shape index (κ3) is 5.80. The molecule has 1 aliphatic rings. The molecule has 0 unspecified atom stereocenters. The number of para-hydroxylation sites is 1. The Bertz CT molecular complexity index is 1500. The summed E-state index contributed by atoms with van der Waals surface area (Å²) in [5.41, 5.74) is 1.73. The van der Waals surface area contributed by atoms with E-state index in [2.05, 4.69) is 15.6 Å². The molecule has 0 radical (unpaired) electrons. The molecule has 0 saturated carbocycles. The zero-order valence-corrected chi connectivity index (χ0v) is 21.0. The number of aromatic nitrogens is 2. The number of aliphatic hydroxyl groups is 3. The van der Waals surface area contributed by atoms with Crippen molar-refractivity contribution in [1.82, 2.24) is 14.9 Å².